The van der Waals surface area contributed by atoms with E-state index in [9.17, 15) is 4.79 Å². The highest BCUT2D eigenvalue weighted by molar-refractivity contribution is 5.81. The standard InChI is InChI=1S/C13H27N3O/c1-9(2)12(13(17)15-14)16(4)11-7-5-10(3)6-8-11/h9-12H,5-8,14H2,1-4H3,(H,15,17). The lowest BCUT2D eigenvalue weighted by Gasteiger charge is -2.39. The number of carbonyl (C=O) groups excluding carboxylic acids is 1. The first-order valence-corrected chi connectivity index (χ1v) is 6.69. The van der Waals surface area contributed by atoms with Gasteiger partial charge in [0.2, 0.25) is 0 Å². The second-order valence-corrected chi connectivity index (χ2v) is 5.78. The second kappa shape index (κ2) is 6.36. The summed E-state index contributed by atoms with van der Waals surface area (Å²) in [5.41, 5.74) is 2.29. The first-order valence-electron chi connectivity index (χ1n) is 6.69. The van der Waals surface area contributed by atoms with Crippen LogP contribution in [0.15, 0.2) is 0 Å². The van der Waals surface area contributed by atoms with Crippen molar-refractivity contribution < 1.29 is 4.79 Å². The number of amides is 1. The molecule has 4 heteroatoms. The molecule has 0 bridgehead atoms. The molecule has 0 heterocycles. The molecule has 1 aliphatic carbocycles. The van der Waals surface area contributed by atoms with Gasteiger partial charge in [-0.25, -0.2) is 5.84 Å². The Morgan fingerprint density at radius 3 is 2.24 bits per heavy atom. The predicted octanol–water partition coefficient (Wildman–Crippen LogP) is 1.51. The Bertz CT molecular complexity index is 247. The van der Waals surface area contributed by atoms with Crippen LogP contribution in [0.1, 0.15) is 46.5 Å². The van der Waals surface area contributed by atoms with Gasteiger partial charge in [-0.05, 0) is 44.6 Å². The van der Waals surface area contributed by atoms with Crippen LogP contribution in [0.2, 0.25) is 0 Å². The van der Waals surface area contributed by atoms with Gasteiger partial charge in [-0.15, -0.1) is 0 Å². The summed E-state index contributed by atoms with van der Waals surface area (Å²) in [6, 6.07) is 0.411. The second-order valence-electron chi connectivity index (χ2n) is 5.78. The number of hydrogen-bond acceptors (Lipinski definition) is 3. The van der Waals surface area contributed by atoms with Gasteiger partial charge in [0.05, 0.1) is 6.04 Å². The minimum atomic E-state index is -0.113. The van der Waals surface area contributed by atoms with Gasteiger partial charge in [-0.1, -0.05) is 20.8 Å². The fourth-order valence-electron chi connectivity index (χ4n) is 2.92. The zero-order chi connectivity index (χ0) is 13.0. The van der Waals surface area contributed by atoms with Gasteiger partial charge in [0.15, 0.2) is 0 Å². The molecule has 0 aromatic rings. The number of hydrazine groups is 1. The zero-order valence-electron chi connectivity index (χ0n) is 11.6. The van der Waals surface area contributed by atoms with E-state index in [-0.39, 0.29) is 17.9 Å². The number of likely N-dealkylation sites (N-methyl/N-ethyl adjacent to an activating group) is 1. The van der Waals surface area contributed by atoms with Gasteiger partial charge >= 0.3 is 0 Å². The Kier molecular flexibility index (Phi) is 5.40. The molecule has 0 radical (unpaired) electrons. The van der Waals surface area contributed by atoms with Gasteiger partial charge in [0, 0.05) is 6.04 Å². The number of rotatable bonds is 4. The molecule has 1 saturated carbocycles. The van der Waals surface area contributed by atoms with E-state index < -0.39 is 0 Å². The van der Waals surface area contributed by atoms with Crippen molar-refractivity contribution in [1.29, 1.82) is 0 Å². The summed E-state index contributed by atoms with van der Waals surface area (Å²) in [5.74, 6) is 6.32. The Hall–Kier alpha value is -0.610. The van der Waals surface area contributed by atoms with Crippen LogP contribution in [0.4, 0.5) is 0 Å². The fraction of sp³-hybridized carbons (Fsp3) is 0.923. The minimum absolute atomic E-state index is 0.0684. The van der Waals surface area contributed by atoms with Crippen molar-refractivity contribution >= 4 is 5.91 Å². The summed E-state index contributed by atoms with van der Waals surface area (Å²) in [4.78, 5) is 14.0. The number of carbonyl (C=O) groups is 1. The monoisotopic (exact) mass is 241 g/mol. The number of nitrogens with two attached hydrogens (primary N) is 1. The summed E-state index contributed by atoms with van der Waals surface area (Å²) in [5, 5.41) is 0. The molecule has 3 N–H and O–H groups in total. The van der Waals surface area contributed by atoms with Crippen LogP contribution in [0.25, 0.3) is 0 Å². The fourth-order valence-corrected chi connectivity index (χ4v) is 2.92. The molecule has 1 aliphatic rings. The summed E-state index contributed by atoms with van der Waals surface area (Å²) >= 11 is 0. The van der Waals surface area contributed by atoms with Crippen molar-refractivity contribution in [1.82, 2.24) is 10.3 Å². The number of nitrogens with zero attached hydrogens (tertiary/aromatic N) is 1. The van der Waals surface area contributed by atoms with Crippen LogP contribution in [-0.4, -0.2) is 29.9 Å². The van der Waals surface area contributed by atoms with Crippen molar-refractivity contribution in [2.75, 3.05) is 7.05 Å². The van der Waals surface area contributed by atoms with E-state index in [1.165, 1.54) is 25.7 Å². The van der Waals surface area contributed by atoms with E-state index in [0.717, 1.165) is 5.92 Å². The van der Waals surface area contributed by atoms with Crippen LogP contribution in [0.5, 0.6) is 0 Å². The predicted molar refractivity (Wildman–Crippen MR) is 70.1 cm³/mol. The molecule has 17 heavy (non-hydrogen) atoms. The number of hydrogen-bond donors (Lipinski definition) is 2. The Balaban J connectivity index is 2.64. The van der Waals surface area contributed by atoms with Crippen molar-refractivity contribution in [3.05, 3.63) is 0 Å². The average Bonchev–Trinajstić information content (AvgIpc) is 2.29. The zero-order valence-corrected chi connectivity index (χ0v) is 11.6. The molecule has 0 aromatic carbocycles. The molecule has 1 amide bonds. The molecule has 1 atom stereocenters. The maximum atomic E-state index is 11.8. The molecule has 1 unspecified atom stereocenters. The summed E-state index contributed by atoms with van der Waals surface area (Å²) in [6.07, 6.45) is 4.92. The first-order chi connectivity index (χ1) is 7.97. The Morgan fingerprint density at radius 2 is 1.82 bits per heavy atom. The van der Waals surface area contributed by atoms with Gasteiger partial charge in [0.25, 0.3) is 5.91 Å². The summed E-state index contributed by atoms with van der Waals surface area (Å²) in [6.45, 7) is 6.45. The SMILES string of the molecule is CC1CCC(N(C)C(C(=O)NN)C(C)C)CC1. The van der Waals surface area contributed by atoms with Crippen LogP contribution in [0.3, 0.4) is 0 Å². The van der Waals surface area contributed by atoms with E-state index in [1.54, 1.807) is 0 Å². The average molecular weight is 241 g/mol. The third kappa shape index (κ3) is 3.68. The molecule has 4 nitrogen and oxygen atoms in total. The molecule has 1 fully saturated rings. The topological polar surface area (TPSA) is 58.4 Å². The molecule has 0 aromatic heterocycles. The lowest BCUT2D eigenvalue weighted by atomic mass is 9.85. The largest absolute Gasteiger partial charge is 0.293 e. The third-order valence-corrected chi connectivity index (χ3v) is 4.04. The normalized spacial score (nSPS) is 27.2. The van der Waals surface area contributed by atoms with E-state index in [0.29, 0.717) is 6.04 Å². The van der Waals surface area contributed by atoms with Crippen LogP contribution in [-0.2, 0) is 4.79 Å². The van der Waals surface area contributed by atoms with Crippen LogP contribution >= 0.6 is 0 Å². The molecule has 0 saturated heterocycles. The highest BCUT2D eigenvalue weighted by atomic mass is 16.2. The Labute approximate surface area is 105 Å². The molecular formula is C13H27N3O. The quantitative estimate of drug-likeness (QED) is 0.445. The maximum Gasteiger partial charge on any atom is 0.251 e. The van der Waals surface area contributed by atoms with E-state index in [2.05, 4.69) is 38.1 Å². The van der Waals surface area contributed by atoms with Gasteiger partial charge in [0.1, 0.15) is 0 Å². The van der Waals surface area contributed by atoms with Crippen molar-refractivity contribution in [2.24, 2.45) is 17.7 Å². The number of nitrogens with one attached hydrogen (secondary N) is 1. The molecule has 0 spiro atoms. The first kappa shape index (κ1) is 14.5. The van der Waals surface area contributed by atoms with Gasteiger partial charge in [-0.2, -0.15) is 0 Å². The van der Waals surface area contributed by atoms with E-state index in [1.807, 2.05) is 0 Å². The summed E-state index contributed by atoms with van der Waals surface area (Å²) in [7, 11) is 2.06. The van der Waals surface area contributed by atoms with Crippen molar-refractivity contribution in [3.8, 4) is 0 Å². The Morgan fingerprint density at radius 1 is 1.29 bits per heavy atom. The smallest absolute Gasteiger partial charge is 0.251 e. The molecule has 100 valence electrons. The van der Waals surface area contributed by atoms with Gasteiger partial charge < -0.3 is 0 Å². The lowest BCUT2D eigenvalue weighted by molar-refractivity contribution is -0.128. The van der Waals surface area contributed by atoms with Gasteiger partial charge in [-0.3, -0.25) is 15.1 Å². The molecule has 1 rings (SSSR count). The highest BCUT2D eigenvalue weighted by Gasteiger charge is 2.32. The lowest BCUT2D eigenvalue weighted by Crippen LogP contribution is -2.54. The maximum absolute atomic E-state index is 11.8. The minimum Gasteiger partial charge on any atom is -0.293 e. The van der Waals surface area contributed by atoms with Crippen LogP contribution in [0, 0.1) is 11.8 Å². The third-order valence-electron chi connectivity index (χ3n) is 4.04. The van der Waals surface area contributed by atoms with E-state index in [4.69, 9.17) is 5.84 Å². The molecular weight excluding hydrogens is 214 g/mol. The highest BCUT2D eigenvalue weighted by Crippen LogP contribution is 2.28. The van der Waals surface area contributed by atoms with E-state index >= 15 is 0 Å². The summed E-state index contributed by atoms with van der Waals surface area (Å²) < 4.78 is 0. The van der Waals surface area contributed by atoms with Crippen molar-refractivity contribution in [3.63, 3.8) is 0 Å². The van der Waals surface area contributed by atoms with Crippen LogP contribution < -0.4 is 11.3 Å². The molecule has 0 aliphatic heterocycles. The van der Waals surface area contributed by atoms with Crippen molar-refractivity contribution in [2.45, 2.75) is 58.5 Å².